The van der Waals surface area contributed by atoms with Crippen LogP contribution in [0.15, 0.2) is 36.4 Å². The van der Waals surface area contributed by atoms with Crippen molar-refractivity contribution in [2.75, 3.05) is 16.0 Å². The molecule has 8 heteroatoms. The molecule has 2 aromatic rings. The van der Waals surface area contributed by atoms with Crippen molar-refractivity contribution in [2.24, 2.45) is 0 Å². The summed E-state index contributed by atoms with van der Waals surface area (Å²) < 4.78 is 39.6. The normalized spacial score (nSPS) is 11.6. The monoisotopic (exact) mass is 351 g/mol. The van der Waals surface area contributed by atoms with E-state index < -0.39 is 35.1 Å². The number of nitrogens with one attached hydrogen (secondary N) is 3. The lowest BCUT2D eigenvalue weighted by molar-refractivity contribution is -0.116. The number of benzene rings is 2. The topological polar surface area (TPSA) is 70.2 Å². The lowest BCUT2D eigenvalue weighted by atomic mass is 10.2. The van der Waals surface area contributed by atoms with Crippen molar-refractivity contribution in [1.29, 1.82) is 0 Å². The van der Waals surface area contributed by atoms with Gasteiger partial charge in [-0.1, -0.05) is 0 Å². The van der Waals surface area contributed by atoms with E-state index in [1.165, 1.54) is 13.8 Å². The molecule has 3 N–H and O–H groups in total. The number of halogens is 3. The van der Waals surface area contributed by atoms with E-state index in [-0.39, 0.29) is 5.91 Å². The summed E-state index contributed by atoms with van der Waals surface area (Å²) in [6.07, 6.45) is 0. The third-order valence-electron chi connectivity index (χ3n) is 3.27. The zero-order valence-corrected chi connectivity index (χ0v) is 13.5. The average molecular weight is 351 g/mol. The highest BCUT2D eigenvalue weighted by molar-refractivity contribution is 5.96. The predicted octanol–water partition coefficient (Wildman–Crippen LogP) is 3.50. The second-order valence-corrected chi connectivity index (χ2v) is 5.34. The third-order valence-corrected chi connectivity index (χ3v) is 3.27. The second kappa shape index (κ2) is 7.69. The number of hydrogen-bond donors (Lipinski definition) is 3. The molecule has 2 aromatic carbocycles. The summed E-state index contributed by atoms with van der Waals surface area (Å²) in [6.45, 7) is 2.91. The first-order valence-electron chi connectivity index (χ1n) is 7.36. The Morgan fingerprint density at radius 1 is 0.880 bits per heavy atom. The molecule has 0 aliphatic rings. The minimum atomic E-state index is -1.65. The molecular weight excluding hydrogens is 335 g/mol. The van der Waals surface area contributed by atoms with Crippen molar-refractivity contribution in [3.8, 4) is 0 Å². The molecule has 2 rings (SSSR count). The summed E-state index contributed by atoms with van der Waals surface area (Å²) in [7, 11) is 0. The van der Waals surface area contributed by atoms with Crippen molar-refractivity contribution in [2.45, 2.75) is 19.9 Å². The number of hydrogen-bond acceptors (Lipinski definition) is 3. The van der Waals surface area contributed by atoms with Gasteiger partial charge in [0.2, 0.25) is 11.8 Å². The van der Waals surface area contributed by atoms with Crippen LogP contribution in [-0.2, 0) is 9.59 Å². The molecule has 2 amide bonds. The third kappa shape index (κ3) is 4.72. The summed E-state index contributed by atoms with van der Waals surface area (Å²) in [5.41, 5.74) is 0.736. The number of carbonyl (C=O) groups excluding carboxylic acids is 2. The van der Waals surface area contributed by atoms with Crippen molar-refractivity contribution < 1.29 is 22.8 Å². The van der Waals surface area contributed by atoms with Crippen LogP contribution in [0, 0.1) is 17.5 Å². The van der Waals surface area contributed by atoms with Crippen LogP contribution in [0.4, 0.5) is 30.2 Å². The molecule has 0 saturated heterocycles. The quantitative estimate of drug-likeness (QED) is 0.722. The highest BCUT2D eigenvalue weighted by Crippen LogP contribution is 2.20. The molecule has 0 aliphatic carbocycles. The SMILES string of the molecule is CC(=O)Nc1ccc(N[C@H](C)C(=O)Nc2ccc(F)c(F)c2F)cc1. The molecule has 0 heterocycles. The van der Waals surface area contributed by atoms with Crippen LogP contribution >= 0.6 is 0 Å². The highest BCUT2D eigenvalue weighted by Gasteiger charge is 2.18. The van der Waals surface area contributed by atoms with E-state index in [1.807, 2.05) is 0 Å². The van der Waals surface area contributed by atoms with Gasteiger partial charge in [-0.2, -0.15) is 0 Å². The Balaban J connectivity index is 2.01. The van der Waals surface area contributed by atoms with E-state index >= 15 is 0 Å². The minimum Gasteiger partial charge on any atom is -0.374 e. The zero-order chi connectivity index (χ0) is 18.6. The molecule has 0 spiro atoms. The molecule has 0 aromatic heterocycles. The van der Waals surface area contributed by atoms with Gasteiger partial charge in [0.25, 0.3) is 0 Å². The molecule has 0 saturated carbocycles. The van der Waals surface area contributed by atoms with Crippen molar-refractivity contribution in [3.05, 3.63) is 53.8 Å². The van der Waals surface area contributed by atoms with E-state index in [0.717, 1.165) is 12.1 Å². The largest absolute Gasteiger partial charge is 0.374 e. The van der Waals surface area contributed by atoms with Gasteiger partial charge in [-0.15, -0.1) is 0 Å². The smallest absolute Gasteiger partial charge is 0.246 e. The van der Waals surface area contributed by atoms with Gasteiger partial charge in [-0.25, -0.2) is 13.2 Å². The molecule has 5 nitrogen and oxygen atoms in total. The number of carbonyl (C=O) groups is 2. The lowest BCUT2D eigenvalue weighted by Crippen LogP contribution is -2.32. The first kappa shape index (κ1) is 18.3. The average Bonchev–Trinajstić information content (AvgIpc) is 2.56. The summed E-state index contributed by atoms with van der Waals surface area (Å²) in [5.74, 6) is -5.27. The van der Waals surface area contributed by atoms with Gasteiger partial charge in [-0.3, -0.25) is 9.59 Å². The maximum absolute atomic E-state index is 13.6. The molecule has 0 unspecified atom stereocenters. The second-order valence-electron chi connectivity index (χ2n) is 5.34. The van der Waals surface area contributed by atoms with Gasteiger partial charge in [0.05, 0.1) is 5.69 Å². The maximum Gasteiger partial charge on any atom is 0.246 e. The molecule has 1 atom stereocenters. The van der Waals surface area contributed by atoms with Crippen LogP contribution in [0.2, 0.25) is 0 Å². The highest BCUT2D eigenvalue weighted by atomic mass is 19.2. The van der Waals surface area contributed by atoms with Crippen molar-refractivity contribution in [3.63, 3.8) is 0 Å². The van der Waals surface area contributed by atoms with Crippen LogP contribution in [0.1, 0.15) is 13.8 Å². The molecule has 0 fully saturated rings. The van der Waals surface area contributed by atoms with Gasteiger partial charge in [0, 0.05) is 18.3 Å². The van der Waals surface area contributed by atoms with Crippen LogP contribution in [0.25, 0.3) is 0 Å². The Labute approximate surface area is 142 Å². The van der Waals surface area contributed by atoms with E-state index in [0.29, 0.717) is 11.4 Å². The first-order valence-corrected chi connectivity index (χ1v) is 7.36. The van der Waals surface area contributed by atoms with Gasteiger partial charge in [0.15, 0.2) is 17.5 Å². The minimum absolute atomic E-state index is 0.206. The van der Waals surface area contributed by atoms with E-state index in [1.54, 1.807) is 24.3 Å². The van der Waals surface area contributed by atoms with Gasteiger partial charge in [-0.05, 0) is 43.3 Å². The van der Waals surface area contributed by atoms with Crippen molar-refractivity contribution in [1.82, 2.24) is 0 Å². The van der Waals surface area contributed by atoms with Crippen molar-refractivity contribution >= 4 is 28.9 Å². The van der Waals surface area contributed by atoms with Gasteiger partial charge < -0.3 is 16.0 Å². The maximum atomic E-state index is 13.6. The number of rotatable bonds is 5. The zero-order valence-electron chi connectivity index (χ0n) is 13.5. The fourth-order valence-corrected chi connectivity index (χ4v) is 2.03. The molecule has 25 heavy (non-hydrogen) atoms. The molecular formula is C17H16F3N3O2. The Kier molecular flexibility index (Phi) is 5.63. The van der Waals surface area contributed by atoms with Gasteiger partial charge >= 0.3 is 0 Å². The molecule has 0 aliphatic heterocycles. The van der Waals surface area contributed by atoms with Crippen LogP contribution in [0.5, 0.6) is 0 Å². The Bertz CT molecular complexity index is 794. The summed E-state index contributed by atoms with van der Waals surface area (Å²) in [5, 5.41) is 7.67. The molecule has 0 radical (unpaired) electrons. The lowest BCUT2D eigenvalue weighted by Gasteiger charge is -2.16. The number of amides is 2. The Morgan fingerprint density at radius 3 is 2.08 bits per heavy atom. The van der Waals surface area contributed by atoms with E-state index in [2.05, 4.69) is 16.0 Å². The summed E-state index contributed by atoms with van der Waals surface area (Å²) in [4.78, 5) is 23.0. The fourth-order valence-electron chi connectivity index (χ4n) is 2.03. The molecule has 0 bridgehead atoms. The van der Waals surface area contributed by atoms with Crippen LogP contribution in [0.3, 0.4) is 0 Å². The van der Waals surface area contributed by atoms with Crippen LogP contribution in [-0.4, -0.2) is 17.9 Å². The standard InChI is InChI=1S/C17H16F3N3O2/c1-9(21-11-3-5-12(6-4-11)22-10(2)24)17(25)23-14-8-7-13(18)15(19)16(14)20/h3-9,21H,1-2H3,(H,22,24)(H,23,25)/t9-/m1/s1. The molecule has 132 valence electrons. The Morgan fingerprint density at radius 2 is 1.48 bits per heavy atom. The fraction of sp³-hybridized carbons (Fsp3) is 0.176. The van der Waals surface area contributed by atoms with Crippen LogP contribution < -0.4 is 16.0 Å². The van der Waals surface area contributed by atoms with E-state index in [9.17, 15) is 22.8 Å². The van der Waals surface area contributed by atoms with E-state index in [4.69, 9.17) is 0 Å². The predicted molar refractivity (Wildman–Crippen MR) is 88.8 cm³/mol. The first-order chi connectivity index (χ1) is 11.8. The Hall–Kier alpha value is -3.03. The number of anilines is 3. The summed E-state index contributed by atoms with van der Waals surface area (Å²) >= 11 is 0. The summed E-state index contributed by atoms with van der Waals surface area (Å²) in [6, 6.07) is 7.47. The van der Waals surface area contributed by atoms with Gasteiger partial charge in [0.1, 0.15) is 6.04 Å².